The molecular weight excluding hydrogens is 222 g/mol. The van der Waals surface area contributed by atoms with E-state index in [9.17, 15) is 0 Å². The van der Waals surface area contributed by atoms with E-state index in [0.717, 1.165) is 31.1 Å². The van der Waals surface area contributed by atoms with Gasteiger partial charge in [0, 0.05) is 11.6 Å². The molecule has 1 aromatic carbocycles. The smallest absolute Gasteiger partial charge is 0.0700 e. The summed E-state index contributed by atoms with van der Waals surface area (Å²) in [4.78, 5) is 0. The molecule has 1 heterocycles. The molecule has 1 aromatic rings. The van der Waals surface area contributed by atoms with Crippen LogP contribution in [-0.2, 0) is 11.2 Å². The van der Waals surface area contributed by atoms with Gasteiger partial charge >= 0.3 is 0 Å². The first-order valence-electron chi connectivity index (χ1n) is 5.91. The fraction of sp³-hybridized carbons (Fsp3) is 0.538. The van der Waals surface area contributed by atoms with Crippen molar-refractivity contribution in [3.63, 3.8) is 0 Å². The first-order valence-corrected chi connectivity index (χ1v) is 6.29. The Labute approximate surface area is 102 Å². The second kappa shape index (κ2) is 6.24. The number of ether oxygens (including phenoxy) is 1. The van der Waals surface area contributed by atoms with Gasteiger partial charge in [-0.05, 0) is 43.5 Å². The number of piperidine rings is 1. The molecule has 0 radical (unpaired) electrons. The van der Waals surface area contributed by atoms with E-state index < -0.39 is 0 Å². The monoisotopic (exact) mass is 239 g/mol. The lowest BCUT2D eigenvalue weighted by Crippen LogP contribution is -2.35. The lowest BCUT2D eigenvalue weighted by atomic mass is 10.1. The van der Waals surface area contributed by atoms with E-state index in [4.69, 9.17) is 16.3 Å². The molecule has 2 nitrogen and oxygen atoms in total. The average Bonchev–Trinajstić information content (AvgIpc) is 2.30. The standard InChI is InChI=1S/C13H18ClNO/c14-12-4-1-3-11(9-12)6-8-16-13-5-2-7-15-10-13/h1,3-4,9,13,15H,2,5-8,10H2. The molecule has 1 atom stereocenters. The van der Waals surface area contributed by atoms with Gasteiger partial charge in [-0.25, -0.2) is 0 Å². The predicted molar refractivity (Wildman–Crippen MR) is 67.0 cm³/mol. The Balaban J connectivity index is 1.71. The molecule has 1 aliphatic rings. The van der Waals surface area contributed by atoms with Gasteiger partial charge in [-0.3, -0.25) is 0 Å². The summed E-state index contributed by atoms with van der Waals surface area (Å²) in [6, 6.07) is 7.98. The normalized spacial score (nSPS) is 20.9. The Morgan fingerprint density at radius 1 is 1.44 bits per heavy atom. The zero-order valence-electron chi connectivity index (χ0n) is 9.42. The molecule has 1 saturated heterocycles. The Bertz CT molecular complexity index is 323. The number of hydrogen-bond acceptors (Lipinski definition) is 2. The Morgan fingerprint density at radius 2 is 2.38 bits per heavy atom. The van der Waals surface area contributed by atoms with Crippen molar-refractivity contribution < 1.29 is 4.74 Å². The molecule has 0 aromatic heterocycles. The molecule has 16 heavy (non-hydrogen) atoms. The third-order valence-corrected chi connectivity index (χ3v) is 3.12. The summed E-state index contributed by atoms with van der Waals surface area (Å²) in [5, 5.41) is 4.15. The highest BCUT2D eigenvalue weighted by atomic mass is 35.5. The summed E-state index contributed by atoms with van der Waals surface area (Å²) in [5.74, 6) is 0. The second-order valence-corrected chi connectivity index (χ2v) is 4.66. The van der Waals surface area contributed by atoms with Crippen molar-refractivity contribution in [1.82, 2.24) is 5.32 Å². The third-order valence-electron chi connectivity index (χ3n) is 2.88. The molecule has 0 aliphatic carbocycles. The van der Waals surface area contributed by atoms with Gasteiger partial charge in [0.2, 0.25) is 0 Å². The Morgan fingerprint density at radius 3 is 3.12 bits per heavy atom. The number of rotatable bonds is 4. The summed E-state index contributed by atoms with van der Waals surface area (Å²) < 4.78 is 5.82. The molecule has 2 rings (SSSR count). The van der Waals surface area contributed by atoms with Crippen LogP contribution < -0.4 is 5.32 Å². The van der Waals surface area contributed by atoms with E-state index in [0.29, 0.717) is 6.10 Å². The number of nitrogens with one attached hydrogen (secondary N) is 1. The second-order valence-electron chi connectivity index (χ2n) is 4.22. The molecule has 1 N–H and O–H groups in total. The molecule has 0 saturated carbocycles. The fourth-order valence-electron chi connectivity index (χ4n) is 2.00. The van der Waals surface area contributed by atoms with E-state index >= 15 is 0 Å². The minimum absolute atomic E-state index is 0.396. The van der Waals surface area contributed by atoms with Crippen molar-refractivity contribution in [2.24, 2.45) is 0 Å². The fourth-order valence-corrected chi connectivity index (χ4v) is 2.21. The van der Waals surface area contributed by atoms with Gasteiger partial charge in [-0.1, -0.05) is 23.7 Å². The Kier molecular flexibility index (Phi) is 4.64. The molecule has 1 aliphatic heterocycles. The van der Waals surface area contributed by atoms with Crippen LogP contribution in [0, 0.1) is 0 Å². The third kappa shape index (κ3) is 3.78. The average molecular weight is 240 g/mol. The maximum atomic E-state index is 5.92. The van der Waals surface area contributed by atoms with Gasteiger partial charge in [-0.2, -0.15) is 0 Å². The van der Waals surface area contributed by atoms with Crippen LogP contribution in [0.25, 0.3) is 0 Å². The first-order chi connectivity index (χ1) is 7.84. The van der Waals surface area contributed by atoms with Crippen LogP contribution in [0.15, 0.2) is 24.3 Å². The van der Waals surface area contributed by atoms with Gasteiger partial charge in [0.05, 0.1) is 12.7 Å². The number of halogens is 1. The minimum Gasteiger partial charge on any atom is -0.377 e. The molecule has 0 bridgehead atoms. The quantitative estimate of drug-likeness (QED) is 0.872. The number of benzene rings is 1. The van der Waals surface area contributed by atoms with Gasteiger partial charge in [-0.15, -0.1) is 0 Å². The Hall–Kier alpha value is -0.570. The van der Waals surface area contributed by atoms with Crippen LogP contribution in [0.4, 0.5) is 0 Å². The zero-order valence-corrected chi connectivity index (χ0v) is 10.2. The van der Waals surface area contributed by atoms with E-state index in [1.807, 2.05) is 18.2 Å². The van der Waals surface area contributed by atoms with Crippen molar-refractivity contribution in [2.45, 2.75) is 25.4 Å². The van der Waals surface area contributed by atoms with Gasteiger partial charge in [0.15, 0.2) is 0 Å². The SMILES string of the molecule is Clc1cccc(CCOC2CCCNC2)c1. The molecule has 0 amide bonds. The predicted octanol–water partition coefficient (Wildman–Crippen LogP) is 2.65. The largest absolute Gasteiger partial charge is 0.377 e. The summed E-state index contributed by atoms with van der Waals surface area (Å²) in [7, 11) is 0. The van der Waals surface area contributed by atoms with Crippen molar-refractivity contribution in [1.29, 1.82) is 0 Å². The molecule has 1 fully saturated rings. The zero-order chi connectivity index (χ0) is 11.2. The molecule has 88 valence electrons. The van der Waals surface area contributed by atoms with Crippen LogP contribution in [0.1, 0.15) is 18.4 Å². The van der Waals surface area contributed by atoms with E-state index in [1.165, 1.54) is 18.4 Å². The minimum atomic E-state index is 0.396. The van der Waals surface area contributed by atoms with Gasteiger partial charge in [0.1, 0.15) is 0 Å². The highest BCUT2D eigenvalue weighted by Crippen LogP contribution is 2.12. The highest BCUT2D eigenvalue weighted by Gasteiger charge is 2.12. The number of hydrogen-bond donors (Lipinski definition) is 1. The van der Waals surface area contributed by atoms with Crippen molar-refractivity contribution in [2.75, 3.05) is 19.7 Å². The van der Waals surface area contributed by atoms with E-state index in [-0.39, 0.29) is 0 Å². The lowest BCUT2D eigenvalue weighted by Gasteiger charge is -2.23. The molecule has 1 unspecified atom stereocenters. The maximum absolute atomic E-state index is 5.92. The molecule has 0 spiro atoms. The van der Waals surface area contributed by atoms with Crippen LogP contribution in [0.3, 0.4) is 0 Å². The van der Waals surface area contributed by atoms with Crippen LogP contribution >= 0.6 is 11.6 Å². The van der Waals surface area contributed by atoms with Crippen LogP contribution in [0.2, 0.25) is 5.02 Å². The summed E-state index contributed by atoms with van der Waals surface area (Å²) in [5.41, 5.74) is 1.25. The lowest BCUT2D eigenvalue weighted by molar-refractivity contribution is 0.0390. The first kappa shape index (κ1) is 11.9. The van der Waals surface area contributed by atoms with Crippen LogP contribution in [0.5, 0.6) is 0 Å². The van der Waals surface area contributed by atoms with Crippen molar-refractivity contribution in [3.05, 3.63) is 34.9 Å². The van der Waals surface area contributed by atoms with Gasteiger partial charge < -0.3 is 10.1 Å². The topological polar surface area (TPSA) is 21.3 Å². The summed E-state index contributed by atoms with van der Waals surface area (Å²) in [6.45, 7) is 2.91. The van der Waals surface area contributed by atoms with Crippen molar-refractivity contribution >= 4 is 11.6 Å². The van der Waals surface area contributed by atoms with Crippen molar-refractivity contribution in [3.8, 4) is 0 Å². The highest BCUT2D eigenvalue weighted by molar-refractivity contribution is 6.30. The van der Waals surface area contributed by atoms with E-state index in [2.05, 4.69) is 11.4 Å². The van der Waals surface area contributed by atoms with E-state index in [1.54, 1.807) is 0 Å². The summed E-state index contributed by atoms with van der Waals surface area (Å²) >= 11 is 5.92. The molecular formula is C13H18ClNO. The molecule has 3 heteroatoms. The van der Waals surface area contributed by atoms with Gasteiger partial charge in [0.25, 0.3) is 0 Å². The maximum Gasteiger partial charge on any atom is 0.0700 e. The summed E-state index contributed by atoms with van der Waals surface area (Å²) in [6.07, 6.45) is 3.74. The van der Waals surface area contributed by atoms with Crippen LogP contribution in [-0.4, -0.2) is 25.8 Å².